The summed E-state index contributed by atoms with van der Waals surface area (Å²) in [5, 5.41) is 3.73. The smallest absolute Gasteiger partial charge is 0.237 e. The van der Waals surface area contributed by atoms with Gasteiger partial charge in [0, 0.05) is 24.2 Å². The van der Waals surface area contributed by atoms with E-state index in [-0.39, 0.29) is 18.0 Å². The fourth-order valence-corrected chi connectivity index (χ4v) is 3.49. The van der Waals surface area contributed by atoms with Gasteiger partial charge in [0.15, 0.2) is 0 Å². The number of carbonyl (C=O) groups is 1. The first kappa shape index (κ1) is 18.2. The quantitative estimate of drug-likeness (QED) is 0.804. The summed E-state index contributed by atoms with van der Waals surface area (Å²) >= 11 is 5.97. The largest absolute Gasteiger partial charge is 0.351 e. The minimum absolute atomic E-state index is 0.0487. The van der Waals surface area contributed by atoms with Crippen LogP contribution in [0.15, 0.2) is 24.3 Å². The number of nitrogens with zero attached hydrogens (tertiary/aromatic N) is 1. The molecule has 1 fully saturated rings. The van der Waals surface area contributed by atoms with Crippen LogP contribution in [0.1, 0.15) is 38.7 Å². The number of likely N-dealkylation sites (tertiary alicyclic amines) is 1. The molecule has 1 saturated heterocycles. The van der Waals surface area contributed by atoms with Crippen molar-refractivity contribution in [1.82, 2.24) is 10.2 Å². The predicted molar refractivity (Wildman–Crippen MR) is 95.3 cm³/mol. The minimum atomic E-state index is -0.0487. The lowest BCUT2D eigenvalue weighted by Gasteiger charge is -2.27. The third kappa shape index (κ3) is 5.79. The van der Waals surface area contributed by atoms with Crippen LogP contribution in [0.5, 0.6) is 0 Å². The molecule has 0 saturated carbocycles. The van der Waals surface area contributed by atoms with Crippen LogP contribution >= 0.6 is 11.6 Å². The highest BCUT2D eigenvalue weighted by Crippen LogP contribution is 2.19. The van der Waals surface area contributed by atoms with Crippen LogP contribution in [0.2, 0.25) is 5.02 Å². The molecule has 0 radical (unpaired) electrons. The predicted octanol–water partition coefficient (Wildman–Crippen LogP) is 2.79. The maximum atomic E-state index is 12.5. The summed E-state index contributed by atoms with van der Waals surface area (Å²) in [5.74, 6) is 0.682. The molecule has 1 aromatic rings. The van der Waals surface area contributed by atoms with Gasteiger partial charge < -0.3 is 11.1 Å². The molecule has 4 nitrogen and oxygen atoms in total. The number of carbonyl (C=O) groups excluding carboxylic acids is 1. The van der Waals surface area contributed by atoms with Gasteiger partial charge in [0.2, 0.25) is 5.91 Å². The van der Waals surface area contributed by atoms with E-state index in [0.29, 0.717) is 17.5 Å². The number of benzene rings is 1. The molecule has 5 heteroatoms. The fourth-order valence-electron chi connectivity index (χ4n) is 3.28. The zero-order valence-electron chi connectivity index (χ0n) is 14.1. The first-order valence-electron chi connectivity index (χ1n) is 8.47. The zero-order valence-corrected chi connectivity index (χ0v) is 14.9. The van der Waals surface area contributed by atoms with Crippen molar-refractivity contribution in [2.45, 2.75) is 51.7 Å². The highest BCUT2D eigenvalue weighted by molar-refractivity contribution is 6.30. The van der Waals surface area contributed by atoms with E-state index in [0.717, 1.165) is 37.9 Å². The van der Waals surface area contributed by atoms with Gasteiger partial charge >= 0.3 is 0 Å². The van der Waals surface area contributed by atoms with Crippen molar-refractivity contribution in [1.29, 1.82) is 0 Å². The van der Waals surface area contributed by atoms with E-state index in [1.54, 1.807) is 0 Å². The standard InChI is InChI=1S/C18H28ClN3O/c1-13(2)9-16(20)12-22-8-4-7-17(22)18(23)21-11-14-5-3-6-15(19)10-14/h3,5-6,10,13,16-17H,4,7-9,11-12,20H2,1-2H3,(H,21,23)/t16-,17+/m1/s1. The summed E-state index contributed by atoms with van der Waals surface area (Å²) in [5.41, 5.74) is 7.23. The molecule has 128 valence electrons. The Morgan fingerprint density at radius 3 is 2.96 bits per heavy atom. The number of hydrogen-bond donors (Lipinski definition) is 2. The summed E-state index contributed by atoms with van der Waals surface area (Å²) < 4.78 is 0. The van der Waals surface area contributed by atoms with E-state index in [2.05, 4.69) is 24.1 Å². The molecule has 0 unspecified atom stereocenters. The summed E-state index contributed by atoms with van der Waals surface area (Å²) in [6, 6.07) is 7.67. The molecule has 1 aliphatic heterocycles. The molecule has 1 heterocycles. The monoisotopic (exact) mass is 337 g/mol. The molecule has 0 bridgehead atoms. The van der Waals surface area contributed by atoms with Crippen LogP contribution in [-0.2, 0) is 11.3 Å². The van der Waals surface area contributed by atoms with Gasteiger partial charge in [-0.05, 0) is 49.4 Å². The Kier molecular flexibility index (Phi) is 6.88. The summed E-state index contributed by atoms with van der Waals surface area (Å²) in [6.07, 6.45) is 2.97. The second-order valence-corrected chi connectivity index (χ2v) is 7.33. The third-order valence-electron chi connectivity index (χ3n) is 4.27. The number of hydrogen-bond acceptors (Lipinski definition) is 3. The van der Waals surface area contributed by atoms with Crippen molar-refractivity contribution in [2.24, 2.45) is 11.7 Å². The minimum Gasteiger partial charge on any atom is -0.351 e. The maximum Gasteiger partial charge on any atom is 0.237 e. The van der Waals surface area contributed by atoms with E-state index in [9.17, 15) is 4.79 Å². The second-order valence-electron chi connectivity index (χ2n) is 6.89. The van der Waals surface area contributed by atoms with Gasteiger partial charge in [-0.3, -0.25) is 9.69 Å². The molecule has 1 aliphatic rings. The summed E-state index contributed by atoms with van der Waals surface area (Å²) in [7, 11) is 0. The first-order chi connectivity index (χ1) is 11.0. The van der Waals surface area contributed by atoms with Gasteiger partial charge in [-0.1, -0.05) is 37.6 Å². The van der Waals surface area contributed by atoms with E-state index >= 15 is 0 Å². The van der Waals surface area contributed by atoms with Crippen molar-refractivity contribution in [3.63, 3.8) is 0 Å². The number of rotatable bonds is 7. The van der Waals surface area contributed by atoms with Crippen LogP contribution in [0.25, 0.3) is 0 Å². The Hall–Kier alpha value is -1.10. The Balaban J connectivity index is 1.85. The lowest BCUT2D eigenvalue weighted by atomic mass is 10.0. The lowest BCUT2D eigenvalue weighted by molar-refractivity contribution is -0.125. The fraction of sp³-hybridized carbons (Fsp3) is 0.611. The highest BCUT2D eigenvalue weighted by atomic mass is 35.5. The van der Waals surface area contributed by atoms with Crippen molar-refractivity contribution in [3.8, 4) is 0 Å². The number of halogens is 1. The molecular weight excluding hydrogens is 310 g/mol. The Morgan fingerprint density at radius 2 is 2.26 bits per heavy atom. The van der Waals surface area contributed by atoms with Gasteiger partial charge in [-0.15, -0.1) is 0 Å². The first-order valence-corrected chi connectivity index (χ1v) is 8.85. The van der Waals surface area contributed by atoms with Gasteiger partial charge in [0.05, 0.1) is 6.04 Å². The Bertz CT molecular complexity index is 521. The van der Waals surface area contributed by atoms with Crippen LogP contribution in [0.3, 0.4) is 0 Å². The molecular formula is C18H28ClN3O. The van der Waals surface area contributed by atoms with Crippen molar-refractivity contribution < 1.29 is 4.79 Å². The van der Waals surface area contributed by atoms with E-state index in [1.165, 1.54) is 0 Å². The maximum absolute atomic E-state index is 12.5. The lowest BCUT2D eigenvalue weighted by Crippen LogP contribution is -2.47. The molecule has 0 spiro atoms. The molecule has 2 rings (SSSR count). The average molecular weight is 338 g/mol. The van der Waals surface area contributed by atoms with Crippen molar-refractivity contribution in [3.05, 3.63) is 34.9 Å². The molecule has 1 amide bonds. The van der Waals surface area contributed by atoms with Gasteiger partial charge in [0.1, 0.15) is 0 Å². The van der Waals surface area contributed by atoms with Crippen LogP contribution in [0, 0.1) is 5.92 Å². The molecule has 1 aromatic carbocycles. The second kappa shape index (κ2) is 8.67. The molecule has 23 heavy (non-hydrogen) atoms. The van der Waals surface area contributed by atoms with Crippen molar-refractivity contribution in [2.75, 3.05) is 13.1 Å². The summed E-state index contributed by atoms with van der Waals surface area (Å²) in [4.78, 5) is 14.7. The van der Waals surface area contributed by atoms with E-state index in [4.69, 9.17) is 17.3 Å². The van der Waals surface area contributed by atoms with Crippen LogP contribution in [-0.4, -0.2) is 36.0 Å². The SMILES string of the molecule is CC(C)C[C@@H](N)CN1CCC[C@H]1C(=O)NCc1cccc(Cl)c1. The van der Waals surface area contributed by atoms with Gasteiger partial charge in [0.25, 0.3) is 0 Å². The zero-order chi connectivity index (χ0) is 16.8. The third-order valence-corrected chi connectivity index (χ3v) is 4.50. The number of amides is 1. The van der Waals surface area contributed by atoms with Crippen LogP contribution < -0.4 is 11.1 Å². The summed E-state index contributed by atoms with van der Waals surface area (Å²) in [6.45, 7) is 6.63. The van der Waals surface area contributed by atoms with Gasteiger partial charge in [-0.25, -0.2) is 0 Å². The molecule has 0 aromatic heterocycles. The van der Waals surface area contributed by atoms with Crippen LogP contribution in [0.4, 0.5) is 0 Å². The van der Waals surface area contributed by atoms with E-state index < -0.39 is 0 Å². The Labute approximate surface area is 144 Å². The van der Waals surface area contributed by atoms with Gasteiger partial charge in [-0.2, -0.15) is 0 Å². The van der Waals surface area contributed by atoms with E-state index in [1.807, 2.05) is 24.3 Å². The number of nitrogens with one attached hydrogen (secondary N) is 1. The normalized spacial score (nSPS) is 20.0. The Morgan fingerprint density at radius 1 is 1.48 bits per heavy atom. The number of nitrogens with two attached hydrogens (primary N) is 1. The topological polar surface area (TPSA) is 58.4 Å². The molecule has 3 N–H and O–H groups in total. The average Bonchev–Trinajstić information content (AvgIpc) is 2.92. The highest BCUT2D eigenvalue weighted by Gasteiger charge is 2.31. The van der Waals surface area contributed by atoms with Crippen molar-refractivity contribution >= 4 is 17.5 Å². The molecule has 0 aliphatic carbocycles. The molecule has 2 atom stereocenters.